The van der Waals surface area contributed by atoms with E-state index < -0.39 is 0 Å². The lowest BCUT2D eigenvalue weighted by Gasteiger charge is -2.35. The Morgan fingerprint density at radius 2 is 2.00 bits per heavy atom. The first kappa shape index (κ1) is 23.1. The van der Waals surface area contributed by atoms with Gasteiger partial charge in [-0.15, -0.1) is 35.3 Å². The van der Waals surface area contributed by atoms with Crippen LogP contribution in [0.15, 0.2) is 46.8 Å². The van der Waals surface area contributed by atoms with Crippen molar-refractivity contribution in [3.63, 3.8) is 0 Å². The minimum absolute atomic E-state index is 0. The largest absolute Gasteiger partial charge is 0.379 e. The number of benzene rings is 1. The Hall–Kier alpha value is -1.16. The molecule has 1 fully saturated rings. The molecule has 1 aromatic heterocycles. The van der Waals surface area contributed by atoms with Gasteiger partial charge in [-0.05, 0) is 29.5 Å². The number of halogens is 1. The number of hydrogen-bond acceptors (Lipinski definition) is 4. The molecule has 3 rings (SSSR count). The molecule has 1 atom stereocenters. The highest BCUT2D eigenvalue weighted by Gasteiger charge is 2.24. The molecule has 1 saturated heterocycles. The van der Waals surface area contributed by atoms with Gasteiger partial charge in [0.15, 0.2) is 5.96 Å². The highest BCUT2D eigenvalue weighted by atomic mass is 127. The van der Waals surface area contributed by atoms with E-state index in [1.807, 2.05) is 18.4 Å². The van der Waals surface area contributed by atoms with Gasteiger partial charge >= 0.3 is 0 Å². The Kier molecular flexibility index (Phi) is 9.70. The normalized spacial score (nSPS) is 16.3. The topological polar surface area (TPSA) is 40.1 Å². The van der Waals surface area contributed by atoms with Crippen LogP contribution in [0.3, 0.4) is 0 Å². The molecule has 2 heterocycles. The van der Waals surface area contributed by atoms with E-state index in [2.05, 4.69) is 75.9 Å². The third kappa shape index (κ3) is 6.17. The van der Waals surface area contributed by atoms with Crippen molar-refractivity contribution in [3.8, 4) is 0 Å². The summed E-state index contributed by atoms with van der Waals surface area (Å²) in [5.74, 6) is 0.924. The second-order valence-corrected chi connectivity index (χ2v) is 7.87. The predicted molar refractivity (Wildman–Crippen MR) is 129 cm³/mol. The Morgan fingerprint density at radius 1 is 1.25 bits per heavy atom. The smallest absolute Gasteiger partial charge is 0.193 e. The molecule has 0 spiro atoms. The van der Waals surface area contributed by atoms with Gasteiger partial charge in [0.2, 0.25) is 0 Å². The summed E-state index contributed by atoms with van der Waals surface area (Å²) in [6, 6.07) is 13.2. The Morgan fingerprint density at radius 3 is 2.64 bits per heavy atom. The van der Waals surface area contributed by atoms with Crippen LogP contribution < -0.4 is 5.32 Å². The molecule has 0 radical (unpaired) electrons. The Balaban J connectivity index is 0.00000280. The van der Waals surface area contributed by atoms with Gasteiger partial charge in [-0.2, -0.15) is 0 Å². The number of aryl methyl sites for hydroxylation is 1. The second kappa shape index (κ2) is 11.7. The standard InChI is InChI=1S/C21H30N4OS.HI/c1-17-7-4-5-8-18(17)16-24(3)21(22-2)23-15-19(20-9-6-14-27-20)25-10-12-26-13-11-25;/h4-9,14,19H,10-13,15-16H2,1-3H3,(H,22,23);1H. The summed E-state index contributed by atoms with van der Waals surface area (Å²) in [4.78, 5) is 10.6. The molecule has 1 aliphatic rings. The summed E-state index contributed by atoms with van der Waals surface area (Å²) in [6.07, 6.45) is 0. The number of aliphatic imine (C=N–C) groups is 1. The van der Waals surface area contributed by atoms with Gasteiger partial charge in [-0.25, -0.2) is 0 Å². The first-order valence-electron chi connectivity index (χ1n) is 9.50. The summed E-state index contributed by atoms with van der Waals surface area (Å²) in [7, 11) is 3.95. The highest BCUT2D eigenvalue weighted by molar-refractivity contribution is 14.0. The van der Waals surface area contributed by atoms with Crippen LogP contribution in [0, 0.1) is 6.92 Å². The number of guanidine groups is 1. The molecule has 2 aromatic rings. The number of rotatable bonds is 6. The SMILES string of the molecule is CN=C(NCC(c1cccs1)N1CCOCC1)N(C)Cc1ccccc1C.I. The fraction of sp³-hybridized carbons (Fsp3) is 0.476. The molecule has 7 heteroatoms. The quantitative estimate of drug-likeness (QED) is 0.362. The van der Waals surface area contributed by atoms with Gasteiger partial charge in [0.1, 0.15) is 0 Å². The lowest BCUT2D eigenvalue weighted by atomic mass is 10.1. The zero-order valence-electron chi connectivity index (χ0n) is 16.9. The fourth-order valence-electron chi connectivity index (χ4n) is 3.47. The molecule has 0 bridgehead atoms. The van der Waals surface area contributed by atoms with E-state index in [1.54, 1.807) is 0 Å². The van der Waals surface area contributed by atoms with Gasteiger partial charge in [0.05, 0.1) is 19.3 Å². The number of thiophene rings is 1. The van der Waals surface area contributed by atoms with E-state index in [1.165, 1.54) is 16.0 Å². The van der Waals surface area contributed by atoms with Crippen LogP contribution in [0.4, 0.5) is 0 Å². The van der Waals surface area contributed by atoms with Gasteiger partial charge in [0, 0.05) is 45.2 Å². The van der Waals surface area contributed by atoms with Crippen molar-refractivity contribution in [3.05, 3.63) is 57.8 Å². The van der Waals surface area contributed by atoms with E-state index in [9.17, 15) is 0 Å². The molecule has 1 aromatic carbocycles. The Labute approximate surface area is 189 Å². The lowest BCUT2D eigenvalue weighted by molar-refractivity contribution is 0.0176. The molecule has 1 unspecified atom stereocenters. The van der Waals surface area contributed by atoms with Crippen molar-refractivity contribution in [1.29, 1.82) is 0 Å². The van der Waals surface area contributed by atoms with E-state index in [0.29, 0.717) is 6.04 Å². The maximum Gasteiger partial charge on any atom is 0.193 e. The van der Waals surface area contributed by atoms with Crippen molar-refractivity contribution in [2.45, 2.75) is 19.5 Å². The van der Waals surface area contributed by atoms with Crippen LogP contribution in [0.5, 0.6) is 0 Å². The van der Waals surface area contributed by atoms with Crippen molar-refractivity contribution < 1.29 is 4.74 Å². The molecular weight excluding hydrogens is 483 g/mol. The molecule has 0 aliphatic carbocycles. The van der Waals surface area contributed by atoms with E-state index in [4.69, 9.17) is 4.74 Å². The van der Waals surface area contributed by atoms with E-state index >= 15 is 0 Å². The second-order valence-electron chi connectivity index (χ2n) is 6.89. The van der Waals surface area contributed by atoms with Crippen molar-refractivity contribution in [1.82, 2.24) is 15.1 Å². The van der Waals surface area contributed by atoms with Crippen LogP contribution in [0.2, 0.25) is 0 Å². The molecule has 0 amide bonds. The Bertz CT molecular complexity index is 732. The van der Waals surface area contributed by atoms with Gasteiger partial charge in [0.25, 0.3) is 0 Å². The zero-order valence-corrected chi connectivity index (χ0v) is 20.1. The summed E-state index contributed by atoms with van der Waals surface area (Å²) in [5, 5.41) is 5.75. The maximum absolute atomic E-state index is 5.54. The molecule has 0 saturated carbocycles. The van der Waals surface area contributed by atoms with Gasteiger partial charge in [-0.1, -0.05) is 30.3 Å². The summed E-state index contributed by atoms with van der Waals surface area (Å²) in [6.45, 7) is 7.40. The van der Waals surface area contributed by atoms with Crippen LogP contribution in [0.1, 0.15) is 22.0 Å². The zero-order chi connectivity index (χ0) is 19.1. The molecule has 154 valence electrons. The van der Waals surface area contributed by atoms with Gasteiger partial charge in [-0.3, -0.25) is 9.89 Å². The van der Waals surface area contributed by atoms with Crippen LogP contribution >= 0.6 is 35.3 Å². The summed E-state index contributed by atoms with van der Waals surface area (Å²) < 4.78 is 5.54. The number of hydrogen-bond donors (Lipinski definition) is 1. The number of nitrogens with one attached hydrogen (secondary N) is 1. The summed E-state index contributed by atoms with van der Waals surface area (Å²) in [5.41, 5.74) is 2.63. The van der Waals surface area contributed by atoms with Crippen LogP contribution in [0.25, 0.3) is 0 Å². The maximum atomic E-state index is 5.54. The van der Waals surface area contributed by atoms with E-state index in [-0.39, 0.29) is 24.0 Å². The fourth-order valence-corrected chi connectivity index (χ4v) is 4.33. The van der Waals surface area contributed by atoms with Crippen LogP contribution in [-0.4, -0.2) is 62.7 Å². The third-order valence-electron chi connectivity index (χ3n) is 5.05. The third-order valence-corrected chi connectivity index (χ3v) is 6.03. The lowest BCUT2D eigenvalue weighted by Crippen LogP contribution is -2.46. The molecule has 28 heavy (non-hydrogen) atoms. The first-order chi connectivity index (χ1) is 13.2. The van der Waals surface area contributed by atoms with Crippen molar-refractivity contribution in [2.75, 3.05) is 46.9 Å². The molecule has 1 N–H and O–H groups in total. The number of morpholine rings is 1. The number of nitrogens with zero attached hydrogens (tertiary/aromatic N) is 3. The predicted octanol–water partition coefficient (Wildman–Crippen LogP) is 3.76. The van der Waals surface area contributed by atoms with E-state index in [0.717, 1.165) is 45.4 Å². The minimum atomic E-state index is 0. The molecular formula is C21H31IN4OS. The average molecular weight is 514 g/mol. The monoisotopic (exact) mass is 514 g/mol. The van der Waals surface area contributed by atoms with Crippen molar-refractivity contribution >= 4 is 41.3 Å². The molecule has 5 nitrogen and oxygen atoms in total. The van der Waals surface area contributed by atoms with Crippen molar-refractivity contribution in [2.24, 2.45) is 4.99 Å². The first-order valence-corrected chi connectivity index (χ1v) is 10.4. The highest BCUT2D eigenvalue weighted by Crippen LogP contribution is 2.25. The summed E-state index contributed by atoms with van der Waals surface area (Å²) >= 11 is 1.82. The van der Waals surface area contributed by atoms with Gasteiger partial charge < -0.3 is 15.0 Å². The van der Waals surface area contributed by atoms with Crippen LogP contribution in [-0.2, 0) is 11.3 Å². The minimum Gasteiger partial charge on any atom is -0.379 e. The number of ether oxygens (including phenoxy) is 1. The molecule has 1 aliphatic heterocycles. The average Bonchev–Trinajstić information content (AvgIpc) is 3.22.